The molecule has 0 spiro atoms. The van der Waals surface area contributed by atoms with Crippen LogP contribution in [0.25, 0.3) is 11.1 Å². The lowest BCUT2D eigenvalue weighted by Gasteiger charge is -2.21. The number of benzene rings is 1. The van der Waals surface area contributed by atoms with E-state index >= 15 is 0 Å². The number of hydrogen-bond acceptors (Lipinski definition) is 5. The van der Waals surface area contributed by atoms with E-state index in [4.69, 9.17) is 10.00 Å². The van der Waals surface area contributed by atoms with Gasteiger partial charge in [-0.3, -0.25) is 4.79 Å². The van der Waals surface area contributed by atoms with Gasteiger partial charge in [-0.05, 0) is 30.5 Å². The van der Waals surface area contributed by atoms with Crippen molar-refractivity contribution in [3.8, 4) is 22.9 Å². The van der Waals surface area contributed by atoms with Crippen LogP contribution in [-0.2, 0) is 4.79 Å². The first-order chi connectivity index (χ1) is 12.5. The van der Waals surface area contributed by atoms with Crippen molar-refractivity contribution in [3.63, 3.8) is 0 Å². The second kappa shape index (κ2) is 9.20. The van der Waals surface area contributed by atoms with Crippen LogP contribution in [0.4, 0.5) is 10.1 Å². The average Bonchev–Trinajstić information content (AvgIpc) is 3.06. The number of halogens is 1. The smallest absolute Gasteiger partial charge is 0.243 e. The van der Waals surface area contributed by atoms with Gasteiger partial charge in [-0.2, -0.15) is 5.26 Å². The van der Waals surface area contributed by atoms with E-state index in [1.54, 1.807) is 6.07 Å². The van der Waals surface area contributed by atoms with Gasteiger partial charge in [0.15, 0.2) is 0 Å². The summed E-state index contributed by atoms with van der Waals surface area (Å²) in [6, 6.07) is 5.76. The van der Waals surface area contributed by atoms with E-state index in [0.29, 0.717) is 17.7 Å². The Kier molecular flexibility index (Phi) is 6.98. The third-order valence-electron chi connectivity index (χ3n) is 3.81. The normalized spacial score (nSPS) is 11.7. The van der Waals surface area contributed by atoms with Gasteiger partial charge >= 0.3 is 0 Å². The molecule has 2 N–H and O–H groups in total. The van der Waals surface area contributed by atoms with Gasteiger partial charge in [0.05, 0.1) is 18.9 Å². The van der Waals surface area contributed by atoms with Gasteiger partial charge in [0, 0.05) is 21.9 Å². The lowest BCUT2D eigenvalue weighted by Crippen LogP contribution is -2.40. The van der Waals surface area contributed by atoms with E-state index in [2.05, 4.69) is 10.6 Å². The Balaban J connectivity index is 2.32. The molecule has 1 atom stereocenters. The predicted molar refractivity (Wildman–Crippen MR) is 102 cm³/mol. The molecule has 1 aromatic carbocycles. The molecule has 0 fully saturated rings. The van der Waals surface area contributed by atoms with Crippen LogP contribution < -0.4 is 15.4 Å². The lowest BCUT2D eigenvalue weighted by atomic mass is 10.0. The number of nitrogens with one attached hydrogen (secondary N) is 2. The van der Waals surface area contributed by atoms with Crippen LogP contribution in [0.5, 0.6) is 5.75 Å². The summed E-state index contributed by atoms with van der Waals surface area (Å²) < 4.78 is 19.1. The SMILES string of the molecule is COc1ccc(F)cc1-c1cscc1N[C@@H](CC(C)C)C(=O)NCC#N. The van der Waals surface area contributed by atoms with Crippen molar-refractivity contribution >= 4 is 22.9 Å². The number of amides is 1. The summed E-state index contributed by atoms with van der Waals surface area (Å²) in [5.41, 5.74) is 2.13. The largest absolute Gasteiger partial charge is 0.496 e. The van der Waals surface area contributed by atoms with Crippen molar-refractivity contribution in [2.24, 2.45) is 5.92 Å². The number of thiophene rings is 1. The second-order valence-corrected chi connectivity index (χ2v) is 6.99. The van der Waals surface area contributed by atoms with Gasteiger partial charge in [-0.1, -0.05) is 13.8 Å². The fraction of sp³-hybridized carbons (Fsp3) is 0.368. The van der Waals surface area contributed by atoms with Crippen molar-refractivity contribution in [1.82, 2.24) is 5.32 Å². The minimum Gasteiger partial charge on any atom is -0.496 e. The van der Waals surface area contributed by atoms with Crippen LogP contribution >= 0.6 is 11.3 Å². The van der Waals surface area contributed by atoms with E-state index in [1.807, 2.05) is 30.7 Å². The fourth-order valence-corrected chi connectivity index (χ4v) is 3.44. The minimum absolute atomic E-state index is 0.0384. The van der Waals surface area contributed by atoms with Gasteiger partial charge < -0.3 is 15.4 Å². The first kappa shape index (κ1) is 19.7. The molecule has 7 heteroatoms. The molecule has 138 valence electrons. The Bertz CT molecular complexity index is 798. The zero-order chi connectivity index (χ0) is 19.1. The van der Waals surface area contributed by atoms with Gasteiger partial charge in [0.25, 0.3) is 0 Å². The number of methoxy groups -OCH3 is 1. The molecule has 0 aliphatic rings. The van der Waals surface area contributed by atoms with Crippen LogP contribution in [0.2, 0.25) is 0 Å². The fourth-order valence-electron chi connectivity index (χ4n) is 2.65. The minimum atomic E-state index is -0.490. The maximum atomic E-state index is 13.7. The third kappa shape index (κ3) is 4.96. The highest BCUT2D eigenvalue weighted by atomic mass is 32.1. The quantitative estimate of drug-likeness (QED) is 0.683. The summed E-state index contributed by atoms with van der Waals surface area (Å²) >= 11 is 1.45. The molecule has 26 heavy (non-hydrogen) atoms. The molecule has 0 radical (unpaired) electrons. The molecule has 0 saturated heterocycles. The molecular formula is C19H22FN3O2S. The Morgan fingerprint density at radius 3 is 2.77 bits per heavy atom. The monoisotopic (exact) mass is 375 g/mol. The van der Waals surface area contributed by atoms with Crippen LogP contribution in [0.3, 0.4) is 0 Å². The van der Waals surface area contributed by atoms with E-state index in [-0.39, 0.29) is 24.2 Å². The standard InChI is InChI=1S/C19H22FN3O2S/c1-12(2)8-16(19(24)22-7-6-21)23-17-11-26-10-15(17)14-9-13(20)4-5-18(14)25-3/h4-5,9-12,16,23H,7-8H2,1-3H3,(H,22,24)/t16-/m0/s1. The molecule has 0 aliphatic heterocycles. The number of hydrogen-bond donors (Lipinski definition) is 2. The van der Waals surface area contributed by atoms with Gasteiger partial charge in [0.2, 0.25) is 5.91 Å². The average molecular weight is 375 g/mol. The summed E-state index contributed by atoms with van der Waals surface area (Å²) in [5.74, 6) is 0.250. The molecule has 1 amide bonds. The summed E-state index contributed by atoms with van der Waals surface area (Å²) in [4.78, 5) is 12.4. The first-order valence-corrected chi connectivity index (χ1v) is 9.21. The molecule has 0 unspecified atom stereocenters. The zero-order valence-corrected chi connectivity index (χ0v) is 15.8. The highest BCUT2D eigenvalue weighted by Gasteiger charge is 2.22. The lowest BCUT2D eigenvalue weighted by molar-refractivity contribution is -0.121. The molecular weight excluding hydrogens is 353 g/mol. The predicted octanol–water partition coefficient (Wildman–Crippen LogP) is 4.03. The van der Waals surface area contributed by atoms with Gasteiger partial charge in [0.1, 0.15) is 24.2 Å². The second-order valence-electron chi connectivity index (χ2n) is 6.25. The molecule has 2 aromatic rings. The molecule has 1 heterocycles. The van der Waals surface area contributed by atoms with Crippen molar-refractivity contribution in [1.29, 1.82) is 5.26 Å². The van der Waals surface area contributed by atoms with E-state index in [0.717, 1.165) is 11.3 Å². The summed E-state index contributed by atoms with van der Waals surface area (Å²) in [6.07, 6.45) is 0.604. The number of rotatable bonds is 8. The van der Waals surface area contributed by atoms with Gasteiger partial charge in [-0.15, -0.1) is 11.3 Å². The Hall–Kier alpha value is -2.59. The van der Waals surface area contributed by atoms with Crippen molar-refractivity contribution in [3.05, 3.63) is 34.8 Å². The molecule has 5 nitrogen and oxygen atoms in total. The number of nitriles is 1. The molecule has 1 aromatic heterocycles. The highest BCUT2D eigenvalue weighted by Crippen LogP contribution is 2.38. The maximum Gasteiger partial charge on any atom is 0.243 e. The van der Waals surface area contributed by atoms with E-state index in [9.17, 15) is 9.18 Å². The van der Waals surface area contributed by atoms with Crippen molar-refractivity contribution in [2.45, 2.75) is 26.3 Å². The number of anilines is 1. The zero-order valence-electron chi connectivity index (χ0n) is 15.0. The molecule has 0 aliphatic carbocycles. The van der Waals surface area contributed by atoms with Crippen LogP contribution in [0, 0.1) is 23.1 Å². The van der Waals surface area contributed by atoms with Crippen LogP contribution in [0.15, 0.2) is 29.0 Å². The molecule has 0 saturated carbocycles. The maximum absolute atomic E-state index is 13.7. The Morgan fingerprint density at radius 1 is 1.35 bits per heavy atom. The number of ether oxygens (including phenoxy) is 1. The number of carbonyl (C=O) groups excluding carboxylic acids is 1. The van der Waals surface area contributed by atoms with Crippen molar-refractivity contribution < 1.29 is 13.9 Å². The first-order valence-electron chi connectivity index (χ1n) is 8.27. The highest BCUT2D eigenvalue weighted by molar-refractivity contribution is 7.08. The third-order valence-corrected chi connectivity index (χ3v) is 4.55. The molecule has 2 rings (SSSR count). The number of nitrogens with zero attached hydrogens (tertiary/aromatic N) is 1. The molecule has 0 bridgehead atoms. The van der Waals surface area contributed by atoms with Gasteiger partial charge in [-0.25, -0.2) is 4.39 Å². The Morgan fingerprint density at radius 2 is 2.12 bits per heavy atom. The van der Waals surface area contributed by atoms with Crippen LogP contribution in [0.1, 0.15) is 20.3 Å². The topological polar surface area (TPSA) is 74.2 Å². The Labute approximate surface area is 156 Å². The summed E-state index contributed by atoms with van der Waals surface area (Å²) in [5, 5.41) is 18.3. The van der Waals surface area contributed by atoms with Crippen molar-refractivity contribution in [2.75, 3.05) is 19.0 Å². The van der Waals surface area contributed by atoms with E-state index in [1.165, 1.54) is 30.6 Å². The van der Waals surface area contributed by atoms with Crippen LogP contribution in [-0.4, -0.2) is 25.6 Å². The number of carbonyl (C=O) groups is 1. The summed E-state index contributed by atoms with van der Waals surface area (Å²) in [6.45, 7) is 4.01. The summed E-state index contributed by atoms with van der Waals surface area (Å²) in [7, 11) is 1.53. The van der Waals surface area contributed by atoms with E-state index < -0.39 is 6.04 Å².